The number of pyridine rings is 1. The molecule has 2 aliphatic heterocycles. The van der Waals surface area contributed by atoms with Gasteiger partial charge in [-0.3, -0.25) is 4.79 Å². The lowest BCUT2D eigenvalue weighted by atomic mass is 9.94. The second-order valence-electron chi connectivity index (χ2n) is 7.72. The van der Waals surface area contributed by atoms with Crippen LogP contribution in [0.3, 0.4) is 0 Å². The predicted molar refractivity (Wildman–Crippen MR) is 104 cm³/mol. The fraction of sp³-hybridized carbons (Fsp3) is 0.409. The van der Waals surface area contributed by atoms with E-state index in [-0.39, 0.29) is 17.7 Å². The van der Waals surface area contributed by atoms with Gasteiger partial charge in [-0.15, -0.1) is 0 Å². The molecule has 1 aromatic heterocycles. The Hall–Kier alpha value is -3.01. The smallest absolute Gasteiger partial charge is 0.225 e. The van der Waals surface area contributed by atoms with E-state index in [0.717, 1.165) is 17.7 Å². The molecular formula is C22H22F2N4O. The SMILES string of the molecule is N#Cc1cc(F)ccc1N1CCC(C(=O)N2CCC(c3ccc(F)nc3)C2)CC1. The number of nitrogens with zero attached hydrogens (tertiary/aromatic N) is 4. The van der Waals surface area contributed by atoms with Crippen molar-refractivity contribution in [1.82, 2.24) is 9.88 Å². The van der Waals surface area contributed by atoms with Crippen LogP contribution in [0.15, 0.2) is 36.5 Å². The lowest BCUT2D eigenvalue weighted by Crippen LogP contribution is -2.42. The normalized spacial score (nSPS) is 20.0. The first-order valence-corrected chi connectivity index (χ1v) is 9.90. The van der Waals surface area contributed by atoms with Crippen molar-refractivity contribution >= 4 is 11.6 Å². The van der Waals surface area contributed by atoms with E-state index >= 15 is 0 Å². The Morgan fingerprint density at radius 1 is 1.10 bits per heavy atom. The number of amides is 1. The molecule has 0 radical (unpaired) electrons. The number of hydrogen-bond donors (Lipinski definition) is 0. The Morgan fingerprint density at radius 3 is 2.59 bits per heavy atom. The van der Waals surface area contributed by atoms with E-state index in [4.69, 9.17) is 0 Å². The number of benzene rings is 1. The van der Waals surface area contributed by atoms with Crippen LogP contribution in [0.5, 0.6) is 0 Å². The van der Waals surface area contributed by atoms with Crippen LogP contribution in [-0.2, 0) is 4.79 Å². The molecule has 7 heteroatoms. The standard InChI is InChI=1S/C22H22F2N4O/c23-19-2-3-20(18(11-19)12-25)27-8-5-15(6-9-27)22(29)28-10-7-17(14-28)16-1-4-21(24)26-13-16/h1-4,11,13,15,17H,5-10,14H2. The van der Waals surface area contributed by atoms with Crippen molar-refractivity contribution in [3.05, 3.63) is 59.4 Å². The molecule has 0 bridgehead atoms. The Morgan fingerprint density at radius 2 is 1.90 bits per heavy atom. The Bertz CT molecular complexity index is 933. The van der Waals surface area contributed by atoms with Gasteiger partial charge in [-0.05, 0) is 49.1 Å². The highest BCUT2D eigenvalue weighted by atomic mass is 19.1. The Kier molecular flexibility index (Phi) is 5.43. The van der Waals surface area contributed by atoms with Crippen molar-refractivity contribution in [2.75, 3.05) is 31.1 Å². The molecule has 1 unspecified atom stereocenters. The largest absolute Gasteiger partial charge is 0.370 e. The first-order valence-electron chi connectivity index (χ1n) is 9.90. The van der Waals surface area contributed by atoms with Crippen molar-refractivity contribution in [2.45, 2.75) is 25.2 Å². The number of nitriles is 1. The average Bonchev–Trinajstić information content (AvgIpc) is 3.24. The summed E-state index contributed by atoms with van der Waals surface area (Å²) in [7, 11) is 0. The molecule has 2 fully saturated rings. The van der Waals surface area contributed by atoms with Crippen molar-refractivity contribution < 1.29 is 13.6 Å². The van der Waals surface area contributed by atoms with Gasteiger partial charge in [-0.1, -0.05) is 6.07 Å². The molecule has 5 nitrogen and oxygen atoms in total. The molecule has 1 atom stereocenters. The summed E-state index contributed by atoms with van der Waals surface area (Å²) in [6, 6.07) is 9.41. The third-order valence-electron chi connectivity index (χ3n) is 5.99. The Labute approximate surface area is 168 Å². The van der Waals surface area contributed by atoms with Gasteiger partial charge in [0, 0.05) is 44.2 Å². The minimum absolute atomic E-state index is 0.0395. The number of carbonyl (C=O) groups is 1. The van der Waals surface area contributed by atoms with Gasteiger partial charge in [0.15, 0.2) is 0 Å². The van der Waals surface area contributed by atoms with Crippen LogP contribution < -0.4 is 4.90 Å². The van der Waals surface area contributed by atoms with Gasteiger partial charge in [-0.25, -0.2) is 9.37 Å². The molecule has 1 amide bonds. The van der Waals surface area contributed by atoms with Crippen LogP contribution >= 0.6 is 0 Å². The molecule has 1 aromatic carbocycles. The average molecular weight is 396 g/mol. The molecular weight excluding hydrogens is 374 g/mol. The summed E-state index contributed by atoms with van der Waals surface area (Å²) >= 11 is 0. The lowest BCUT2D eigenvalue weighted by molar-refractivity contribution is -0.135. The predicted octanol–water partition coefficient (Wildman–Crippen LogP) is 3.46. The molecule has 2 aliphatic rings. The number of anilines is 1. The summed E-state index contributed by atoms with van der Waals surface area (Å²) in [5, 5.41) is 9.26. The summed E-state index contributed by atoms with van der Waals surface area (Å²) in [5.74, 6) is -0.587. The van der Waals surface area contributed by atoms with Crippen molar-refractivity contribution in [3.8, 4) is 6.07 Å². The number of aromatic nitrogens is 1. The van der Waals surface area contributed by atoms with E-state index in [1.54, 1.807) is 18.3 Å². The summed E-state index contributed by atoms with van der Waals surface area (Å²) in [5.41, 5.74) is 2.02. The molecule has 2 aromatic rings. The van der Waals surface area contributed by atoms with Crippen LogP contribution in [0.2, 0.25) is 0 Å². The molecule has 0 spiro atoms. The number of piperidine rings is 1. The van der Waals surface area contributed by atoms with Gasteiger partial charge >= 0.3 is 0 Å². The molecule has 3 heterocycles. The van der Waals surface area contributed by atoms with Crippen LogP contribution in [-0.4, -0.2) is 42.0 Å². The minimum Gasteiger partial charge on any atom is -0.370 e. The van der Waals surface area contributed by atoms with Gasteiger partial charge in [-0.2, -0.15) is 9.65 Å². The van der Waals surface area contributed by atoms with Gasteiger partial charge in [0.1, 0.15) is 11.9 Å². The molecule has 29 heavy (non-hydrogen) atoms. The minimum atomic E-state index is -0.493. The first kappa shape index (κ1) is 19.3. The van der Waals surface area contributed by atoms with Crippen molar-refractivity contribution in [3.63, 3.8) is 0 Å². The molecule has 0 N–H and O–H groups in total. The van der Waals surface area contributed by atoms with E-state index in [1.807, 2.05) is 4.90 Å². The maximum Gasteiger partial charge on any atom is 0.225 e. The monoisotopic (exact) mass is 396 g/mol. The van der Waals surface area contributed by atoms with E-state index in [1.165, 1.54) is 18.2 Å². The van der Waals surface area contributed by atoms with Crippen LogP contribution in [0.1, 0.15) is 36.3 Å². The van der Waals surface area contributed by atoms with Crippen LogP contribution in [0, 0.1) is 29.0 Å². The zero-order chi connectivity index (χ0) is 20.4. The van der Waals surface area contributed by atoms with Gasteiger partial charge in [0.05, 0.1) is 11.3 Å². The third kappa shape index (κ3) is 4.07. The fourth-order valence-corrected chi connectivity index (χ4v) is 4.36. The molecule has 0 saturated carbocycles. The zero-order valence-electron chi connectivity index (χ0n) is 16.0. The number of halogens is 2. The number of likely N-dealkylation sites (tertiary alicyclic amines) is 1. The summed E-state index contributed by atoms with van der Waals surface area (Å²) in [6.45, 7) is 2.67. The maximum absolute atomic E-state index is 13.4. The van der Waals surface area contributed by atoms with Gasteiger partial charge in [0.2, 0.25) is 11.9 Å². The quantitative estimate of drug-likeness (QED) is 0.746. The lowest BCUT2D eigenvalue weighted by Gasteiger charge is -2.35. The maximum atomic E-state index is 13.4. The van der Waals surface area contributed by atoms with E-state index in [9.17, 15) is 18.8 Å². The van der Waals surface area contributed by atoms with Crippen LogP contribution in [0.4, 0.5) is 14.5 Å². The summed E-state index contributed by atoms with van der Waals surface area (Å²) in [4.78, 5) is 20.7. The molecule has 150 valence electrons. The number of hydrogen-bond acceptors (Lipinski definition) is 4. The molecule has 0 aliphatic carbocycles. The molecule has 4 rings (SSSR count). The van der Waals surface area contributed by atoms with Crippen molar-refractivity contribution in [1.29, 1.82) is 5.26 Å². The first-order chi connectivity index (χ1) is 14.0. The van der Waals surface area contributed by atoms with Gasteiger partial charge in [0.25, 0.3) is 0 Å². The summed E-state index contributed by atoms with van der Waals surface area (Å²) < 4.78 is 26.4. The van der Waals surface area contributed by atoms with E-state index < -0.39 is 11.8 Å². The summed E-state index contributed by atoms with van der Waals surface area (Å²) in [6.07, 6.45) is 3.83. The second-order valence-corrected chi connectivity index (χ2v) is 7.72. The highest BCUT2D eigenvalue weighted by Gasteiger charge is 2.33. The topological polar surface area (TPSA) is 60.2 Å². The van der Waals surface area contributed by atoms with E-state index in [0.29, 0.717) is 44.6 Å². The molecule has 2 saturated heterocycles. The highest BCUT2D eigenvalue weighted by molar-refractivity contribution is 5.79. The fourth-order valence-electron chi connectivity index (χ4n) is 4.36. The number of carbonyl (C=O) groups excluding carboxylic acids is 1. The van der Waals surface area contributed by atoms with Crippen LogP contribution in [0.25, 0.3) is 0 Å². The zero-order valence-corrected chi connectivity index (χ0v) is 16.0. The number of rotatable bonds is 3. The van der Waals surface area contributed by atoms with E-state index in [2.05, 4.69) is 16.0 Å². The second kappa shape index (κ2) is 8.16. The van der Waals surface area contributed by atoms with Crippen molar-refractivity contribution in [2.24, 2.45) is 5.92 Å². The Balaban J connectivity index is 1.35. The third-order valence-corrected chi connectivity index (χ3v) is 5.99. The highest BCUT2D eigenvalue weighted by Crippen LogP contribution is 2.31. The van der Waals surface area contributed by atoms with Gasteiger partial charge < -0.3 is 9.80 Å².